The van der Waals surface area contributed by atoms with Gasteiger partial charge in [0, 0.05) is 17.1 Å². The van der Waals surface area contributed by atoms with Crippen LogP contribution in [0.2, 0.25) is 0 Å². The molecular weight excluding hydrogens is 326 g/mol. The van der Waals surface area contributed by atoms with Crippen molar-refractivity contribution in [1.82, 2.24) is 24.9 Å². The Kier molecular flexibility index (Phi) is 4.16. The molecule has 0 aliphatic carbocycles. The van der Waals surface area contributed by atoms with Crippen LogP contribution in [0.15, 0.2) is 54.7 Å². The molecule has 0 bridgehead atoms. The van der Waals surface area contributed by atoms with Gasteiger partial charge in [-0.05, 0) is 36.6 Å². The Labute approximate surface area is 151 Å². The summed E-state index contributed by atoms with van der Waals surface area (Å²) in [4.78, 5) is 16.0. The molecule has 0 radical (unpaired) electrons. The van der Waals surface area contributed by atoms with E-state index >= 15 is 0 Å². The lowest BCUT2D eigenvalue weighted by molar-refractivity contribution is 0.0925. The average molecular weight is 347 g/mol. The zero-order chi connectivity index (χ0) is 18.1. The van der Waals surface area contributed by atoms with Crippen molar-refractivity contribution in [3.63, 3.8) is 0 Å². The first-order chi connectivity index (χ1) is 12.6. The first-order valence-electron chi connectivity index (χ1n) is 8.80. The van der Waals surface area contributed by atoms with E-state index < -0.39 is 0 Å². The molecule has 0 aliphatic heterocycles. The molecule has 3 aromatic heterocycles. The molecular formula is C20H21N5O. The molecule has 1 atom stereocenters. The van der Waals surface area contributed by atoms with Crippen LogP contribution >= 0.6 is 0 Å². The number of carbonyl (C=O) groups is 1. The van der Waals surface area contributed by atoms with Crippen LogP contribution in [0, 0.1) is 5.92 Å². The van der Waals surface area contributed by atoms with Crippen molar-refractivity contribution in [2.75, 3.05) is 0 Å². The molecule has 0 saturated carbocycles. The van der Waals surface area contributed by atoms with Gasteiger partial charge in [0.05, 0.1) is 6.04 Å². The molecule has 132 valence electrons. The van der Waals surface area contributed by atoms with Gasteiger partial charge in [-0.15, -0.1) is 10.2 Å². The van der Waals surface area contributed by atoms with E-state index in [2.05, 4.69) is 34.3 Å². The van der Waals surface area contributed by atoms with Gasteiger partial charge >= 0.3 is 0 Å². The van der Waals surface area contributed by atoms with E-state index in [-0.39, 0.29) is 11.9 Å². The third kappa shape index (κ3) is 3.06. The smallest absolute Gasteiger partial charge is 0.268 e. The molecule has 4 rings (SSSR count). The Balaban J connectivity index is 1.65. The van der Waals surface area contributed by atoms with E-state index in [0.29, 0.717) is 11.6 Å². The number of benzene rings is 1. The summed E-state index contributed by atoms with van der Waals surface area (Å²) in [5.74, 6) is 1.01. The molecule has 0 saturated heterocycles. The van der Waals surface area contributed by atoms with E-state index in [0.717, 1.165) is 28.8 Å². The maximum absolute atomic E-state index is 12.8. The lowest BCUT2D eigenvalue weighted by Gasteiger charge is -2.19. The third-order valence-electron chi connectivity index (χ3n) is 4.44. The van der Waals surface area contributed by atoms with Crippen molar-refractivity contribution < 1.29 is 4.79 Å². The Hall–Kier alpha value is -3.15. The van der Waals surface area contributed by atoms with Gasteiger partial charge in [0.2, 0.25) is 0 Å². The lowest BCUT2D eigenvalue weighted by Crippen LogP contribution is -2.31. The zero-order valence-electron chi connectivity index (χ0n) is 14.8. The van der Waals surface area contributed by atoms with Gasteiger partial charge in [-0.25, -0.2) is 0 Å². The molecule has 2 N–H and O–H groups in total. The van der Waals surface area contributed by atoms with Crippen LogP contribution in [-0.4, -0.2) is 25.5 Å². The van der Waals surface area contributed by atoms with Crippen LogP contribution < -0.4 is 5.32 Å². The number of nitrogens with one attached hydrogen (secondary N) is 2. The minimum absolute atomic E-state index is 0.139. The summed E-state index contributed by atoms with van der Waals surface area (Å²) in [6, 6.07) is 15.3. The standard InChI is InChI=1S/C20H21N5O/c1-13(2)11-16(19-24-23-18-9-5-6-10-25(18)19)22-20(26)17-12-14-7-3-4-8-15(14)21-17/h3-10,12-13,16,21H,11H2,1-2H3,(H,22,26). The highest BCUT2D eigenvalue weighted by Crippen LogP contribution is 2.22. The van der Waals surface area contributed by atoms with Crippen LogP contribution in [0.5, 0.6) is 0 Å². The van der Waals surface area contributed by atoms with Gasteiger partial charge in [0.25, 0.3) is 5.91 Å². The van der Waals surface area contributed by atoms with Crippen molar-refractivity contribution in [3.05, 3.63) is 66.2 Å². The van der Waals surface area contributed by atoms with Crippen LogP contribution in [-0.2, 0) is 0 Å². The second-order valence-corrected chi connectivity index (χ2v) is 6.91. The van der Waals surface area contributed by atoms with Gasteiger partial charge < -0.3 is 10.3 Å². The van der Waals surface area contributed by atoms with Gasteiger partial charge in [0.1, 0.15) is 5.69 Å². The van der Waals surface area contributed by atoms with Gasteiger partial charge in [0.15, 0.2) is 11.5 Å². The minimum Gasteiger partial charge on any atom is -0.351 e. The number of carbonyl (C=O) groups excluding carboxylic acids is 1. The largest absolute Gasteiger partial charge is 0.351 e. The topological polar surface area (TPSA) is 75.1 Å². The first-order valence-corrected chi connectivity index (χ1v) is 8.80. The minimum atomic E-state index is -0.216. The predicted octanol–water partition coefficient (Wildman–Crippen LogP) is 3.73. The number of aromatic amines is 1. The summed E-state index contributed by atoms with van der Waals surface area (Å²) < 4.78 is 1.93. The summed E-state index contributed by atoms with van der Waals surface area (Å²) in [5, 5.41) is 12.7. The van der Waals surface area contributed by atoms with E-state index in [1.165, 1.54) is 0 Å². The maximum Gasteiger partial charge on any atom is 0.268 e. The predicted molar refractivity (Wildman–Crippen MR) is 101 cm³/mol. The number of pyridine rings is 1. The van der Waals surface area contributed by atoms with Crippen molar-refractivity contribution in [1.29, 1.82) is 0 Å². The lowest BCUT2D eigenvalue weighted by atomic mass is 10.0. The summed E-state index contributed by atoms with van der Waals surface area (Å²) in [6.07, 6.45) is 2.70. The maximum atomic E-state index is 12.8. The fraction of sp³-hybridized carbons (Fsp3) is 0.250. The van der Waals surface area contributed by atoms with Crippen molar-refractivity contribution >= 4 is 22.5 Å². The van der Waals surface area contributed by atoms with Gasteiger partial charge in [-0.2, -0.15) is 0 Å². The molecule has 1 aromatic carbocycles. The number of H-pyrrole nitrogens is 1. The molecule has 0 fully saturated rings. The SMILES string of the molecule is CC(C)CC(NC(=O)c1cc2ccccc2[nH]1)c1nnc2ccccn12. The Bertz CT molecular complexity index is 1030. The van der Waals surface area contributed by atoms with E-state index in [4.69, 9.17) is 0 Å². The number of nitrogens with zero attached hydrogens (tertiary/aromatic N) is 3. The number of aromatic nitrogens is 4. The van der Waals surface area contributed by atoms with E-state index in [1.807, 2.05) is 59.1 Å². The average Bonchev–Trinajstić information content (AvgIpc) is 3.25. The molecule has 6 heteroatoms. The van der Waals surface area contributed by atoms with E-state index in [9.17, 15) is 4.79 Å². The highest BCUT2D eigenvalue weighted by atomic mass is 16.2. The van der Waals surface area contributed by atoms with Crippen molar-refractivity contribution in [3.8, 4) is 0 Å². The first kappa shape index (κ1) is 16.3. The summed E-state index contributed by atoms with van der Waals surface area (Å²) in [6.45, 7) is 4.26. The van der Waals surface area contributed by atoms with Crippen LogP contribution in [0.25, 0.3) is 16.6 Å². The van der Waals surface area contributed by atoms with Crippen molar-refractivity contribution in [2.24, 2.45) is 5.92 Å². The number of hydrogen-bond acceptors (Lipinski definition) is 3. The summed E-state index contributed by atoms with van der Waals surface area (Å²) >= 11 is 0. The molecule has 4 aromatic rings. The van der Waals surface area contributed by atoms with Gasteiger partial charge in [-0.1, -0.05) is 38.1 Å². The number of fused-ring (bicyclic) bond motifs is 2. The van der Waals surface area contributed by atoms with Gasteiger partial charge in [-0.3, -0.25) is 9.20 Å². The summed E-state index contributed by atoms with van der Waals surface area (Å²) in [7, 11) is 0. The quantitative estimate of drug-likeness (QED) is 0.578. The zero-order valence-corrected chi connectivity index (χ0v) is 14.8. The molecule has 3 heterocycles. The Morgan fingerprint density at radius 3 is 2.77 bits per heavy atom. The molecule has 1 amide bonds. The second kappa shape index (κ2) is 6.63. The molecule has 26 heavy (non-hydrogen) atoms. The monoisotopic (exact) mass is 347 g/mol. The fourth-order valence-corrected chi connectivity index (χ4v) is 3.23. The molecule has 0 aliphatic rings. The summed E-state index contributed by atoms with van der Waals surface area (Å²) in [5.41, 5.74) is 2.27. The van der Waals surface area contributed by atoms with Crippen LogP contribution in [0.4, 0.5) is 0 Å². The third-order valence-corrected chi connectivity index (χ3v) is 4.44. The number of para-hydroxylation sites is 1. The molecule has 1 unspecified atom stereocenters. The molecule has 6 nitrogen and oxygen atoms in total. The van der Waals surface area contributed by atoms with Crippen LogP contribution in [0.3, 0.4) is 0 Å². The van der Waals surface area contributed by atoms with Crippen LogP contribution in [0.1, 0.15) is 42.6 Å². The number of amides is 1. The number of rotatable bonds is 5. The highest BCUT2D eigenvalue weighted by molar-refractivity contribution is 5.98. The van der Waals surface area contributed by atoms with E-state index in [1.54, 1.807) is 0 Å². The Morgan fingerprint density at radius 1 is 1.15 bits per heavy atom. The fourth-order valence-electron chi connectivity index (χ4n) is 3.23. The molecule has 0 spiro atoms. The highest BCUT2D eigenvalue weighted by Gasteiger charge is 2.22. The Morgan fingerprint density at radius 2 is 1.96 bits per heavy atom. The second-order valence-electron chi connectivity index (χ2n) is 6.91. The number of hydrogen-bond donors (Lipinski definition) is 2. The van der Waals surface area contributed by atoms with Crippen molar-refractivity contribution in [2.45, 2.75) is 26.3 Å². The normalized spacial score (nSPS) is 12.7.